The number of nitro groups is 1. The summed E-state index contributed by atoms with van der Waals surface area (Å²) in [6.45, 7) is 0. The fraction of sp³-hybridized carbons (Fsp3) is 0. The van der Waals surface area contributed by atoms with E-state index >= 15 is 0 Å². The monoisotopic (exact) mass is 231 g/mol. The molecule has 0 heterocycles. The van der Waals surface area contributed by atoms with Crippen molar-refractivity contribution in [3.63, 3.8) is 0 Å². The number of nitrogens with one attached hydrogen (secondary N) is 1. The van der Waals surface area contributed by atoms with Gasteiger partial charge in [0, 0.05) is 11.4 Å². The van der Waals surface area contributed by atoms with Crippen LogP contribution >= 0.6 is 0 Å². The number of hydrazine groups is 1. The van der Waals surface area contributed by atoms with E-state index in [1.54, 1.807) is 0 Å². The molecule has 0 spiro atoms. The number of rotatable bonds is 2. The molecule has 0 aromatic heterocycles. The van der Waals surface area contributed by atoms with Gasteiger partial charge in [0.2, 0.25) is 0 Å². The maximum Gasteiger partial charge on any atom is 0.154 e. The van der Waals surface area contributed by atoms with E-state index < -0.39 is 5.03 Å². The molecule has 17 heavy (non-hydrogen) atoms. The van der Waals surface area contributed by atoms with Gasteiger partial charge < -0.3 is 5.32 Å². The van der Waals surface area contributed by atoms with Crippen LogP contribution in [0.4, 0.5) is 11.4 Å². The third kappa shape index (κ3) is 5.78. The molecule has 88 valence electrons. The first kappa shape index (κ1) is 12.5. The van der Waals surface area contributed by atoms with E-state index in [0.29, 0.717) is 0 Å². The molecule has 0 saturated heterocycles. The van der Waals surface area contributed by atoms with Crippen molar-refractivity contribution in [1.82, 2.24) is 0 Å². The van der Waals surface area contributed by atoms with Crippen LogP contribution in [0.1, 0.15) is 0 Å². The molecule has 5 nitrogen and oxygen atoms in total. The second-order valence-corrected chi connectivity index (χ2v) is 3.14. The summed E-state index contributed by atoms with van der Waals surface area (Å²) in [6, 6.07) is 20.3. The van der Waals surface area contributed by atoms with Crippen molar-refractivity contribution in [2.24, 2.45) is 5.84 Å². The first-order chi connectivity index (χ1) is 8.18. The van der Waals surface area contributed by atoms with Crippen molar-refractivity contribution in [2.75, 3.05) is 5.32 Å². The highest BCUT2D eigenvalue weighted by molar-refractivity contribution is 5.58. The van der Waals surface area contributed by atoms with Crippen molar-refractivity contribution < 1.29 is 5.03 Å². The lowest BCUT2D eigenvalue weighted by molar-refractivity contribution is -0.491. The summed E-state index contributed by atoms with van der Waals surface area (Å²) in [5, 5.41) is 10.9. The first-order valence-electron chi connectivity index (χ1n) is 4.94. The highest BCUT2D eigenvalue weighted by Gasteiger charge is 1.89. The molecule has 0 radical (unpaired) electrons. The number of nitrogens with two attached hydrogens (primary N) is 1. The van der Waals surface area contributed by atoms with Crippen LogP contribution in [0.3, 0.4) is 0 Å². The fourth-order valence-corrected chi connectivity index (χ4v) is 1.21. The predicted octanol–water partition coefficient (Wildman–Crippen LogP) is 2.57. The summed E-state index contributed by atoms with van der Waals surface area (Å²) in [6.07, 6.45) is 0. The highest BCUT2D eigenvalue weighted by Crippen LogP contribution is 2.14. The van der Waals surface area contributed by atoms with E-state index in [1.807, 2.05) is 60.7 Å². The van der Waals surface area contributed by atoms with Crippen LogP contribution in [-0.2, 0) is 0 Å². The Bertz CT molecular complexity index is 404. The van der Waals surface area contributed by atoms with E-state index in [2.05, 4.69) is 11.2 Å². The molecule has 2 rings (SSSR count). The zero-order chi connectivity index (χ0) is 12.5. The number of hydrogen-bond donors (Lipinski definition) is 2. The molecule has 0 aliphatic rings. The summed E-state index contributed by atoms with van der Waals surface area (Å²) >= 11 is 0. The third-order valence-electron chi connectivity index (χ3n) is 1.84. The van der Waals surface area contributed by atoms with Crippen molar-refractivity contribution >= 4 is 11.4 Å². The van der Waals surface area contributed by atoms with Crippen molar-refractivity contribution in [3.8, 4) is 0 Å². The maximum absolute atomic E-state index is 8.58. The minimum absolute atomic E-state index is 1.00. The molecule has 2 aromatic rings. The van der Waals surface area contributed by atoms with E-state index in [4.69, 9.17) is 10.1 Å². The smallest absolute Gasteiger partial charge is 0.154 e. The SMILES string of the molecule is N[N+](=O)[O-].c1ccc(Nc2ccccc2)cc1. The fourth-order valence-electron chi connectivity index (χ4n) is 1.21. The zero-order valence-electron chi connectivity index (χ0n) is 9.11. The van der Waals surface area contributed by atoms with Crippen LogP contribution in [0.25, 0.3) is 0 Å². The molecule has 0 atom stereocenters. The minimum atomic E-state index is -1.00. The summed E-state index contributed by atoms with van der Waals surface area (Å²) < 4.78 is 0. The summed E-state index contributed by atoms with van der Waals surface area (Å²) in [4.78, 5) is 8.58. The Labute approximate surface area is 99.0 Å². The Hall–Kier alpha value is -2.56. The predicted molar refractivity (Wildman–Crippen MR) is 67.3 cm³/mol. The van der Waals surface area contributed by atoms with Gasteiger partial charge in [-0.3, -0.25) is 0 Å². The van der Waals surface area contributed by atoms with E-state index in [1.165, 1.54) is 0 Å². The third-order valence-corrected chi connectivity index (χ3v) is 1.84. The molecule has 0 fully saturated rings. The van der Waals surface area contributed by atoms with Crippen LogP contribution < -0.4 is 11.2 Å². The van der Waals surface area contributed by atoms with Crippen LogP contribution in [0.5, 0.6) is 0 Å². The van der Waals surface area contributed by atoms with Crippen LogP contribution in [-0.4, -0.2) is 5.03 Å². The highest BCUT2D eigenvalue weighted by atomic mass is 16.7. The number of nitrogens with zero attached hydrogens (tertiary/aromatic N) is 1. The maximum atomic E-state index is 8.58. The van der Waals surface area contributed by atoms with E-state index in [9.17, 15) is 0 Å². The molecule has 5 heteroatoms. The van der Waals surface area contributed by atoms with Gasteiger partial charge in [-0.2, -0.15) is 5.84 Å². The Morgan fingerprint density at radius 1 is 0.882 bits per heavy atom. The topological polar surface area (TPSA) is 81.2 Å². The van der Waals surface area contributed by atoms with Gasteiger partial charge in [-0.05, 0) is 24.3 Å². The molecule has 0 amide bonds. The lowest BCUT2D eigenvalue weighted by Crippen LogP contribution is -2.04. The van der Waals surface area contributed by atoms with Gasteiger partial charge in [0.05, 0.1) is 0 Å². The van der Waals surface area contributed by atoms with Crippen molar-refractivity contribution in [2.45, 2.75) is 0 Å². The Morgan fingerprint density at radius 2 is 1.18 bits per heavy atom. The van der Waals surface area contributed by atoms with Gasteiger partial charge in [-0.15, -0.1) is 0 Å². The minimum Gasteiger partial charge on any atom is -0.356 e. The van der Waals surface area contributed by atoms with E-state index in [0.717, 1.165) is 11.4 Å². The molecule has 2 aromatic carbocycles. The summed E-state index contributed by atoms with van der Waals surface area (Å²) in [5.41, 5.74) is 2.24. The average Bonchev–Trinajstić information content (AvgIpc) is 2.31. The number of anilines is 2. The molecule has 0 unspecified atom stereocenters. The Morgan fingerprint density at radius 3 is 1.47 bits per heavy atom. The Kier molecular flexibility index (Phi) is 5.03. The summed E-state index contributed by atoms with van der Waals surface area (Å²) in [5.74, 6) is 3.83. The lowest BCUT2D eigenvalue weighted by Gasteiger charge is -2.04. The van der Waals surface area contributed by atoms with Crippen LogP contribution in [0, 0.1) is 10.1 Å². The second-order valence-electron chi connectivity index (χ2n) is 3.14. The summed E-state index contributed by atoms with van der Waals surface area (Å²) in [7, 11) is 0. The van der Waals surface area contributed by atoms with E-state index in [-0.39, 0.29) is 0 Å². The van der Waals surface area contributed by atoms with Gasteiger partial charge in [0.25, 0.3) is 0 Å². The molecule has 0 saturated carbocycles. The first-order valence-corrected chi connectivity index (χ1v) is 4.94. The number of para-hydroxylation sites is 2. The van der Waals surface area contributed by atoms with Gasteiger partial charge >= 0.3 is 0 Å². The molecular weight excluding hydrogens is 218 g/mol. The molecule has 3 N–H and O–H groups in total. The van der Waals surface area contributed by atoms with Gasteiger partial charge in [-0.1, -0.05) is 36.4 Å². The normalized spacial score (nSPS) is 8.71. The zero-order valence-corrected chi connectivity index (χ0v) is 9.11. The Balaban J connectivity index is 0.000000317. The van der Waals surface area contributed by atoms with Crippen molar-refractivity contribution in [1.29, 1.82) is 0 Å². The number of hydrogen-bond acceptors (Lipinski definition) is 3. The number of benzene rings is 2. The van der Waals surface area contributed by atoms with Gasteiger partial charge in [0.1, 0.15) is 0 Å². The standard InChI is InChI=1S/C12H11N.H2N2O2/c1-3-7-11(8-4-1)13-12-9-5-2-6-10-12;1-2(3)4/h1-10,13H;1H2. The van der Waals surface area contributed by atoms with Crippen molar-refractivity contribution in [3.05, 3.63) is 70.8 Å². The molecular formula is C12H13N3O2. The van der Waals surface area contributed by atoms with Crippen LogP contribution in [0.15, 0.2) is 60.7 Å². The lowest BCUT2D eigenvalue weighted by atomic mass is 10.3. The average molecular weight is 231 g/mol. The second kappa shape index (κ2) is 6.84. The largest absolute Gasteiger partial charge is 0.356 e. The van der Waals surface area contributed by atoms with Gasteiger partial charge in [0.15, 0.2) is 5.03 Å². The quantitative estimate of drug-likeness (QED) is 0.473. The molecule has 0 aliphatic carbocycles. The van der Waals surface area contributed by atoms with Crippen LogP contribution in [0.2, 0.25) is 0 Å². The van der Waals surface area contributed by atoms with Gasteiger partial charge in [-0.25, -0.2) is 10.1 Å². The molecule has 0 aliphatic heterocycles. The molecule has 0 bridgehead atoms.